The molecule has 4 aromatic rings. The second-order valence-corrected chi connectivity index (χ2v) is 6.83. The molecular formula is C21H23N7O3. The van der Waals surface area contributed by atoms with Gasteiger partial charge in [0.25, 0.3) is 0 Å². The highest BCUT2D eigenvalue weighted by atomic mass is 16.5. The molecule has 160 valence electrons. The number of nitrogens with zero attached hydrogens (tertiary/aromatic N) is 6. The molecule has 3 heterocycles. The van der Waals surface area contributed by atoms with Crippen LogP contribution in [0.2, 0.25) is 0 Å². The van der Waals surface area contributed by atoms with Crippen LogP contribution in [-0.4, -0.2) is 48.9 Å². The van der Waals surface area contributed by atoms with E-state index in [0.717, 1.165) is 28.2 Å². The van der Waals surface area contributed by atoms with Gasteiger partial charge < -0.3 is 15.2 Å². The summed E-state index contributed by atoms with van der Waals surface area (Å²) >= 11 is 0. The Hall–Kier alpha value is -3.95. The molecule has 0 fully saturated rings. The fourth-order valence-electron chi connectivity index (χ4n) is 3.45. The molecule has 0 bridgehead atoms. The van der Waals surface area contributed by atoms with Crippen LogP contribution in [0.5, 0.6) is 5.75 Å². The fraction of sp³-hybridized carbons (Fsp3) is 0.286. The van der Waals surface area contributed by atoms with Gasteiger partial charge in [-0.15, -0.1) is 5.10 Å². The van der Waals surface area contributed by atoms with E-state index in [-0.39, 0.29) is 18.0 Å². The van der Waals surface area contributed by atoms with Crippen molar-refractivity contribution >= 4 is 22.7 Å². The molecule has 0 saturated heterocycles. The van der Waals surface area contributed by atoms with Crippen LogP contribution < -0.4 is 10.5 Å². The molecule has 3 aromatic heterocycles. The Bertz CT molecular complexity index is 1260. The summed E-state index contributed by atoms with van der Waals surface area (Å²) in [6.45, 7) is 8.33. The third kappa shape index (κ3) is 3.45. The lowest BCUT2D eigenvalue weighted by Crippen LogP contribution is -2.10. The summed E-state index contributed by atoms with van der Waals surface area (Å²) in [5.74, 6) is 0.697. The Morgan fingerprint density at radius 3 is 2.48 bits per heavy atom. The van der Waals surface area contributed by atoms with Crippen molar-refractivity contribution in [3.8, 4) is 17.3 Å². The summed E-state index contributed by atoms with van der Waals surface area (Å²) in [6.07, 6.45) is 1.36. The normalized spacial score (nSPS) is 11.1. The van der Waals surface area contributed by atoms with Gasteiger partial charge in [-0.2, -0.15) is 20.0 Å². The number of esters is 1. The number of carbonyl (C=O) groups is 1. The first kappa shape index (κ1) is 20.3. The van der Waals surface area contributed by atoms with Gasteiger partial charge in [0.05, 0.1) is 41.9 Å². The van der Waals surface area contributed by atoms with E-state index in [1.54, 1.807) is 6.92 Å². The van der Waals surface area contributed by atoms with E-state index in [1.807, 2.05) is 49.7 Å². The highest BCUT2D eigenvalue weighted by molar-refractivity contribution is 5.95. The fourth-order valence-corrected chi connectivity index (χ4v) is 3.45. The number of nitrogens with two attached hydrogens (primary N) is 1. The van der Waals surface area contributed by atoms with Gasteiger partial charge in [0.2, 0.25) is 5.82 Å². The van der Waals surface area contributed by atoms with Gasteiger partial charge in [-0.05, 0) is 52.0 Å². The van der Waals surface area contributed by atoms with Crippen molar-refractivity contribution in [3.05, 3.63) is 47.4 Å². The molecule has 10 nitrogen and oxygen atoms in total. The van der Waals surface area contributed by atoms with E-state index < -0.39 is 5.97 Å². The number of anilines is 1. The molecule has 31 heavy (non-hydrogen) atoms. The molecule has 0 spiro atoms. The Kier molecular flexibility index (Phi) is 5.28. The molecule has 0 radical (unpaired) electrons. The van der Waals surface area contributed by atoms with Gasteiger partial charge >= 0.3 is 5.97 Å². The first-order valence-corrected chi connectivity index (χ1v) is 9.93. The Balaban J connectivity index is 1.85. The topological polar surface area (TPSA) is 123 Å². The van der Waals surface area contributed by atoms with Crippen LogP contribution in [0.25, 0.3) is 22.4 Å². The number of fused-ring (bicyclic) bond motifs is 1. The number of benzene rings is 1. The minimum atomic E-state index is -0.543. The van der Waals surface area contributed by atoms with Gasteiger partial charge in [-0.3, -0.25) is 0 Å². The van der Waals surface area contributed by atoms with Crippen molar-refractivity contribution in [2.24, 2.45) is 0 Å². The summed E-state index contributed by atoms with van der Waals surface area (Å²) in [5.41, 5.74) is 9.40. The maximum atomic E-state index is 12.1. The van der Waals surface area contributed by atoms with Crippen molar-refractivity contribution in [2.75, 3.05) is 18.9 Å². The zero-order valence-electron chi connectivity index (χ0n) is 17.8. The van der Waals surface area contributed by atoms with Crippen LogP contribution in [0.1, 0.15) is 35.6 Å². The monoisotopic (exact) mass is 421 g/mol. The number of nitrogen functional groups attached to an aromatic ring is 1. The number of hydrogen-bond acceptors (Lipinski definition) is 8. The molecule has 0 aliphatic heterocycles. The molecule has 1 aromatic carbocycles. The van der Waals surface area contributed by atoms with E-state index in [1.165, 1.54) is 10.9 Å². The van der Waals surface area contributed by atoms with Gasteiger partial charge in [-0.1, -0.05) is 0 Å². The van der Waals surface area contributed by atoms with Crippen molar-refractivity contribution in [1.82, 2.24) is 29.8 Å². The number of aryl methyl sites for hydroxylation is 2. The van der Waals surface area contributed by atoms with Crippen molar-refractivity contribution < 1.29 is 14.3 Å². The number of rotatable bonds is 6. The average Bonchev–Trinajstić information content (AvgIpc) is 3.31. The predicted molar refractivity (Wildman–Crippen MR) is 115 cm³/mol. The summed E-state index contributed by atoms with van der Waals surface area (Å²) in [5, 5.41) is 18.4. The number of hydrogen-bond donors (Lipinski definition) is 1. The van der Waals surface area contributed by atoms with Crippen LogP contribution in [0.3, 0.4) is 0 Å². The number of ether oxygens (including phenoxy) is 2. The second kappa shape index (κ2) is 8.05. The van der Waals surface area contributed by atoms with Crippen molar-refractivity contribution in [1.29, 1.82) is 0 Å². The maximum absolute atomic E-state index is 12.1. The maximum Gasteiger partial charge on any atom is 0.343 e. The first-order valence-electron chi connectivity index (χ1n) is 9.93. The molecule has 0 atom stereocenters. The lowest BCUT2D eigenvalue weighted by atomic mass is 10.2. The molecular weight excluding hydrogens is 398 g/mol. The van der Waals surface area contributed by atoms with Crippen LogP contribution in [0.4, 0.5) is 5.82 Å². The van der Waals surface area contributed by atoms with Crippen molar-refractivity contribution in [3.63, 3.8) is 0 Å². The Labute approximate surface area is 178 Å². The molecule has 0 unspecified atom stereocenters. The summed E-state index contributed by atoms with van der Waals surface area (Å²) in [7, 11) is 0. The number of aromatic nitrogens is 6. The number of carbonyl (C=O) groups excluding carboxylic acids is 1. The van der Waals surface area contributed by atoms with Crippen molar-refractivity contribution in [2.45, 2.75) is 27.7 Å². The molecule has 4 rings (SSSR count). The van der Waals surface area contributed by atoms with Crippen LogP contribution >= 0.6 is 0 Å². The highest BCUT2D eigenvalue weighted by Gasteiger charge is 2.23. The average molecular weight is 421 g/mol. The Morgan fingerprint density at radius 1 is 1.06 bits per heavy atom. The molecule has 0 aliphatic rings. The standard InChI is InChI=1S/C21H23N7O3/c1-5-30-15-9-7-14(8-10-15)27-13(4)17-12(3)24-25-20(18(17)26-27)28-19(22)16(11-23-28)21(29)31-6-2/h7-11H,5-6,22H2,1-4H3. The van der Waals surface area contributed by atoms with E-state index in [9.17, 15) is 4.79 Å². The highest BCUT2D eigenvalue weighted by Crippen LogP contribution is 2.28. The van der Waals surface area contributed by atoms with E-state index in [0.29, 0.717) is 17.9 Å². The molecule has 10 heteroatoms. The second-order valence-electron chi connectivity index (χ2n) is 6.83. The smallest absolute Gasteiger partial charge is 0.343 e. The summed E-state index contributed by atoms with van der Waals surface area (Å²) in [6, 6.07) is 7.65. The van der Waals surface area contributed by atoms with E-state index in [2.05, 4.69) is 15.3 Å². The van der Waals surface area contributed by atoms with Crippen LogP contribution in [-0.2, 0) is 4.74 Å². The van der Waals surface area contributed by atoms with E-state index in [4.69, 9.17) is 20.3 Å². The zero-order chi connectivity index (χ0) is 22.1. The van der Waals surface area contributed by atoms with Gasteiger partial charge in [0.15, 0.2) is 0 Å². The van der Waals surface area contributed by atoms with E-state index >= 15 is 0 Å². The van der Waals surface area contributed by atoms with Crippen LogP contribution in [0.15, 0.2) is 30.5 Å². The summed E-state index contributed by atoms with van der Waals surface area (Å²) < 4.78 is 13.7. The third-order valence-electron chi connectivity index (χ3n) is 4.88. The summed E-state index contributed by atoms with van der Waals surface area (Å²) in [4.78, 5) is 12.1. The van der Waals surface area contributed by atoms with Gasteiger partial charge in [0.1, 0.15) is 22.6 Å². The van der Waals surface area contributed by atoms with Gasteiger partial charge in [-0.25, -0.2) is 9.48 Å². The Morgan fingerprint density at radius 2 is 1.81 bits per heavy atom. The quantitative estimate of drug-likeness (QED) is 0.472. The molecule has 0 aliphatic carbocycles. The largest absolute Gasteiger partial charge is 0.494 e. The predicted octanol–water partition coefficient (Wildman–Crippen LogP) is 2.78. The van der Waals surface area contributed by atoms with Gasteiger partial charge in [0, 0.05) is 0 Å². The lowest BCUT2D eigenvalue weighted by molar-refractivity contribution is 0.0527. The molecule has 0 saturated carbocycles. The molecule has 2 N–H and O–H groups in total. The first-order chi connectivity index (χ1) is 15.0. The van der Waals surface area contributed by atoms with Crippen LogP contribution in [0, 0.1) is 13.8 Å². The SMILES string of the molecule is CCOC(=O)c1cnn(-c2nnc(C)c3c(C)n(-c4ccc(OCC)cc4)nc23)c1N. The molecule has 0 amide bonds. The minimum Gasteiger partial charge on any atom is -0.494 e. The minimum absolute atomic E-state index is 0.117. The lowest BCUT2D eigenvalue weighted by Gasteiger charge is -2.06. The third-order valence-corrected chi connectivity index (χ3v) is 4.88. The zero-order valence-corrected chi connectivity index (χ0v) is 17.8.